The minimum Gasteiger partial charge on any atom is -0.357 e. The summed E-state index contributed by atoms with van der Waals surface area (Å²) in [6, 6.07) is 11.4. The molecule has 2 rings (SSSR count). The van der Waals surface area contributed by atoms with E-state index in [1.165, 1.54) is 50.5 Å². The van der Waals surface area contributed by atoms with Crippen molar-refractivity contribution in [3.8, 4) is 0 Å². The molecule has 0 saturated carbocycles. The number of rotatable bonds is 5. The van der Waals surface area contributed by atoms with Crippen molar-refractivity contribution < 1.29 is 17.6 Å². The fourth-order valence-electron chi connectivity index (χ4n) is 2.00. The Bertz CT molecular complexity index is 914. The number of hydrogen-bond acceptors (Lipinski definition) is 4. The van der Waals surface area contributed by atoms with E-state index in [9.17, 15) is 17.6 Å². The zero-order valence-electron chi connectivity index (χ0n) is 14.7. The van der Waals surface area contributed by atoms with Crippen LogP contribution in [0.4, 0.5) is 4.39 Å². The molecule has 0 heterocycles. The van der Waals surface area contributed by atoms with Crippen molar-refractivity contribution >= 4 is 33.3 Å². The maximum absolute atomic E-state index is 12.8. The Hall–Kier alpha value is -2.56. The molecule has 0 unspecified atom stereocenters. The Morgan fingerprint density at radius 2 is 1.63 bits per heavy atom. The zero-order valence-corrected chi connectivity index (χ0v) is 16.3. The molecule has 0 saturated heterocycles. The number of halogens is 1. The number of benzene rings is 2. The largest absolute Gasteiger partial charge is 0.357 e. The number of hydrogen-bond donors (Lipinski definition) is 3. The Labute approximate surface area is 162 Å². The van der Waals surface area contributed by atoms with E-state index in [1.807, 2.05) is 0 Å². The first-order chi connectivity index (χ1) is 12.7. The quantitative estimate of drug-likeness (QED) is 0.510. The fourth-order valence-corrected chi connectivity index (χ4v) is 3.03. The van der Waals surface area contributed by atoms with Gasteiger partial charge in [0, 0.05) is 26.2 Å². The number of amides is 1. The van der Waals surface area contributed by atoms with Crippen LogP contribution >= 0.6 is 12.2 Å². The van der Waals surface area contributed by atoms with E-state index in [1.54, 1.807) is 12.1 Å². The van der Waals surface area contributed by atoms with Crippen molar-refractivity contribution in [3.05, 3.63) is 65.5 Å². The summed E-state index contributed by atoms with van der Waals surface area (Å²) in [6.07, 6.45) is 0. The molecule has 10 heteroatoms. The van der Waals surface area contributed by atoms with Gasteiger partial charge in [0.05, 0.1) is 4.90 Å². The molecule has 2 aromatic carbocycles. The number of sulfonamides is 1. The smallest absolute Gasteiger partial charge is 0.269 e. The summed E-state index contributed by atoms with van der Waals surface area (Å²) >= 11 is 5.05. The van der Waals surface area contributed by atoms with Crippen LogP contribution in [0.3, 0.4) is 0 Å². The van der Waals surface area contributed by atoms with Gasteiger partial charge in [-0.05, 0) is 54.2 Å². The summed E-state index contributed by atoms with van der Waals surface area (Å²) < 4.78 is 37.9. The van der Waals surface area contributed by atoms with Gasteiger partial charge in [-0.25, -0.2) is 17.1 Å². The number of hydrazine groups is 1. The standard InChI is InChI=1S/C17H19FN4O3S2/c1-22(2)27(24,25)15-9-5-13(6-10-15)16(23)20-21-17(26)19-11-12-3-7-14(18)8-4-12/h3-10H,11H2,1-2H3,(H,20,23)(H2,19,21,26). The maximum atomic E-state index is 12.8. The highest BCUT2D eigenvalue weighted by Gasteiger charge is 2.17. The SMILES string of the molecule is CN(C)S(=O)(=O)c1ccc(C(=O)NNC(=S)NCc2ccc(F)cc2)cc1. The summed E-state index contributed by atoms with van der Waals surface area (Å²) in [5, 5.41) is 3.05. The summed E-state index contributed by atoms with van der Waals surface area (Å²) in [5.41, 5.74) is 6.05. The topological polar surface area (TPSA) is 90.5 Å². The molecule has 0 spiro atoms. The fraction of sp³-hybridized carbons (Fsp3) is 0.176. The molecule has 3 N–H and O–H groups in total. The predicted molar refractivity (Wildman–Crippen MR) is 104 cm³/mol. The van der Waals surface area contributed by atoms with E-state index in [2.05, 4.69) is 16.2 Å². The summed E-state index contributed by atoms with van der Waals surface area (Å²) in [6.45, 7) is 0.360. The summed E-state index contributed by atoms with van der Waals surface area (Å²) in [5.74, 6) is -0.800. The van der Waals surface area contributed by atoms with Crippen LogP contribution in [-0.2, 0) is 16.6 Å². The zero-order chi connectivity index (χ0) is 20.0. The lowest BCUT2D eigenvalue weighted by Crippen LogP contribution is -2.46. The van der Waals surface area contributed by atoms with E-state index in [-0.39, 0.29) is 21.4 Å². The van der Waals surface area contributed by atoms with Crippen LogP contribution in [0.25, 0.3) is 0 Å². The van der Waals surface area contributed by atoms with Crippen molar-refractivity contribution in [2.24, 2.45) is 0 Å². The Morgan fingerprint density at radius 1 is 1.04 bits per heavy atom. The molecule has 0 bridgehead atoms. The Balaban J connectivity index is 1.86. The third-order valence-electron chi connectivity index (χ3n) is 3.55. The van der Waals surface area contributed by atoms with Crippen LogP contribution in [0, 0.1) is 5.82 Å². The molecule has 144 valence electrons. The van der Waals surface area contributed by atoms with Gasteiger partial charge in [0.2, 0.25) is 10.0 Å². The molecule has 7 nitrogen and oxygen atoms in total. The van der Waals surface area contributed by atoms with Crippen LogP contribution in [0.15, 0.2) is 53.4 Å². The lowest BCUT2D eigenvalue weighted by Gasteiger charge is -2.13. The van der Waals surface area contributed by atoms with Gasteiger partial charge in [0.25, 0.3) is 5.91 Å². The van der Waals surface area contributed by atoms with Crippen LogP contribution in [0.1, 0.15) is 15.9 Å². The second-order valence-corrected chi connectivity index (χ2v) is 8.26. The Morgan fingerprint density at radius 3 is 2.19 bits per heavy atom. The van der Waals surface area contributed by atoms with E-state index in [4.69, 9.17) is 12.2 Å². The lowest BCUT2D eigenvalue weighted by molar-refractivity contribution is 0.0943. The van der Waals surface area contributed by atoms with Gasteiger partial charge in [0.1, 0.15) is 5.82 Å². The average Bonchev–Trinajstić information content (AvgIpc) is 2.65. The first-order valence-corrected chi connectivity index (χ1v) is 9.66. The van der Waals surface area contributed by atoms with Crippen molar-refractivity contribution in [2.45, 2.75) is 11.4 Å². The van der Waals surface area contributed by atoms with Crippen LogP contribution < -0.4 is 16.2 Å². The molecule has 0 aliphatic heterocycles. The van der Waals surface area contributed by atoms with Gasteiger partial charge >= 0.3 is 0 Å². The molecule has 0 fully saturated rings. The minimum atomic E-state index is -3.55. The molecule has 2 aromatic rings. The van der Waals surface area contributed by atoms with Gasteiger partial charge in [-0.1, -0.05) is 12.1 Å². The highest BCUT2D eigenvalue weighted by molar-refractivity contribution is 7.89. The van der Waals surface area contributed by atoms with E-state index < -0.39 is 15.9 Å². The Kier molecular flexibility index (Phi) is 6.83. The van der Waals surface area contributed by atoms with E-state index in [0.29, 0.717) is 6.54 Å². The third-order valence-corrected chi connectivity index (χ3v) is 5.63. The van der Waals surface area contributed by atoms with Gasteiger partial charge in [-0.2, -0.15) is 0 Å². The molecule has 27 heavy (non-hydrogen) atoms. The number of nitrogens with one attached hydrogen (secondary N) is 3. The third kappa shape index (κ3) is 5.71. The molecule has 0 aliphatic rings. The highest BCUT2D eigenvalue weighted by atomic mass is 32.2. The lowest BCUT2D eigenvalue weighted by atomic mass is 10.2. The average molecular weight is 410 g/mol. The number of carbonyl (C=O) groups excluding carboxylic acids is 1. The molecule has 0 aliphatic carbocycles. The molecule has 0 atom stereocenters. The number of thiocarbonyl (C=S) groups is 1. The van der Waals surface area contributed by atoms with Gasteiger partial charge in [-0.15, -0.1) is 0 Å². The maximum Gasteiger partial charge on any atom is 0.269 e. The molecular formula is C17H19FN4O3S2. The number of carbonyl (C=O) groups is 1. The van der Waals surface area contributed by atoms with E-state index >= 15 is 0 Å². The molecular weight excluding hydrogens is 391 g/mol. The first kappa shape index (κ1) is 20.7. The van der Waals surface area contributed by atoms with Gasteiger partial charge in [0.15, 0.2) is 5.11 Å². The van der Waals surface area contributed by atoms with Crippen LogP contribution in [0.2, 0.25) is 0 Å². The first-order valence-electron chi connectivity index (χ1n) is 7.81. The predicted octanol–water partition coefficient (Wildman–Crippen LogP) is 1.39. The summed E-state index contributed by atoms with van der Waals surface area (Å²) in [7, 11) is -0.689. The number of nitrogens with zero attached hydrogens (tertiary/aromatic N) is 1. The van der Waals surface area contributed by atoms with Crippen molar-refractivity contribution in [3.63, 3.8) is 0 Å². The van der Waals surface area contributed by atoms with Crippen LogP contribution in [0.5, 0.6) is 0 Å². The molecule has 0 aromatic heterocycles. The highest BCUT2D eigenvalue weighted by Crippen LogP contribution is 2.13. The molecule has 0 radical (unpaired) electrons. The van der Waals surface area contributed by atoms with Crippen molar-refractivity contribution in [1.82, 2.24) is 20.5 Å². The van der Waals surface area contributed by atoms with Gasteiger partial charge in [-0.3, -0.25) is 15.6 Å². The van der Waals surface area contributed by atoms with E-state index in [0.717, 1.165) is 9.87 Å². The second-order valence-electron chi connectivity index (χ2n) is 5.70. The minimum absolute atomic E-state index is 0.0912. The van der Waals surface area contributed by atoms with Crippen LogP contribution in [-0.4, -0.2) is 37.8 Å². The van der Waals surface area contributed by atoms with Crippen molar-refractivity contribution in [2.75, 3.05) is 14.1 Å². The van der Waals surface area contributed by atoms with Crippen molar-refractivity contribution in [1.29, 1.82) is 0 Å². The summed E-state index contributed by atoms with van der Waals surface area (Å²) in [4.78, 5) is 12.2. The normalized spacial score (nSPS) is 11.1. The van der Waals surface area contributed by atoms with Gasteiger partial charge < -0.3 is 5.32 Å². The monoisotopic (exact) mass is 410 g/mol. The second kappa shape index (κ2) is 8.89. The molecule has 1 amide bonds.